The molecule has 0 nitrogen and oxygen atoms in total. The van der Waals surface area contributed by atoms with Crippen molar-refractivity contribution < 1.29 is 0 Å². The van der Waals surface area contributed by atoms with E-state index in [1.165, 1.54) is 9.91 Å². The van der Waals surface area contributed by atoms with Gasteiger partial charge in [-0.1, -0.05) is 0 Å². The van der Waals surface area contributed by atoms with Gasteiger partial charge in [-0.15, -0.1) is 0 Å². The summed E-state index contributed by atoms with van der Waals surface area (Å²) in [5.74, 6) is 0. The normalized spacial score (nSPS) is 13.0. The fraction of sp³-hybridized carbons (Fsp3) is 0.333. The summed E-state index contributed by atoms with van der Waals surface area (Å²) in [6, 6.07) is 8.43. The third-order valence-corrected chi connectivity index (χ3v) is 7.16. The van der Waals surface area contributed by atoms with Crippen molar-refractivity contribution >= 4 is 28.0 Å². The molecule has 0 aliphatic heterocycles. The molecule has 0 aromatic heterocycles. The standard InChI is InChI=1S/C9H12AsCl/c1-3-10(11)9-7-5-4-6-8(9)2/h4-7H,3H2,1-2H3. The van der Waals surface area contributed by atoms with Crippen molar-refractivity contribution in [3.05, 3.63) is 29.8 Å². The van der Waals surface area contributed by atoms with E-state index in [4.69, 9.17) is 9.95 Å². The Balaban J connectivity index is 2.93. The van der Waals surface area contributed by atoms with Gasteiger partial charge in [-0.2, -0.15) is 0 Å². The second-order valence-electron chi connectivity index (χ2n) is 2.46. The first-order valence-electron chi connectivity index (χ1n) is 3.74. The molecule has 1 unspecified atom stereocenters. The maximum atomic E-state index is 6.24. The second-order valence-corrected chi connectivity index (χ2v) is 8.44. The topological polar surface area (TPSA) is 0 Å². The Morgan fingerprint density at radius 2 is 2.00 bits per heavy atom. The molecular formula is C9H12AsCl. The van der Waals surface area contributed by atoms with Gasteiger partial charge in [-0.05, 0) is 0 Å². The maximum absolute atomic E-state index is 6.24. The van der Waals surface area contributed by atoms with Gasteiger partial charge in [0.2, 0.25) is 0 Å². The van der Waals surface area contributed by atoms with Crippen LogP contribution >= 0.6 is 9.95 Å². The summed E-state index contributed by atoms with van der Waals surface area (Å²) in [5.41, 5.74) is 1.35. The Morgan fingerprint density at radius 1 is 1.36 bits per heavy atom. The van der Waals surface area contributed by atoms with Gasteiger partial charge in [0, 0.05) is 0 Å². The zero-order valence-electron chi connectivity index (χ0n) is 6.84. The van der Waals surface area contributed by atoms with Gasteiger partial charge in [0.1, 0.15) is 0 Å². The number of hydrogen-bond acceptors (Lipinski definition) is 0. The summed E-state index contributed by atoms with van der Waals surface area (Å²) in [7, 11) is 6.24. The molecule has 1 aromatic rings. The van der Waals surface area contributed by atoms with Crippen molar-refractivity contribution in [1.82, 2.24) is 0 Å². The Hall–Kier alpha value is 0.0684. The van der Waals surface area contributed by atoms with E-state index in [0.29, 0.717) is 0 Å². The summed E-state index contributed by atoms with van der Waals surface area (Å²) in [6.07, 6.45) is 0. The summed E-state index contributed by atoms with van der Waals surface area (Å²) in [5, 5.41) is 1.14. The first-order valence-corrected chi connectivity index (χ1v) is 8.47. The predicted octanol–water partition coefficient (Wildman–Crippen LogP) is 2.45. The number of aryl methyl sites for hydroxylation is 1. The number of halogens is 1. The first kappa shape index (κ1) is 9.16. The zero-order chi connectivity index (χ0) is 8.27. The monoisotopic (exact) mass is 230 g/mol. The Kier molecular flexibility index (Phi) is 3.48. The SMILES string of the molecule is CC[As](Cl)c1ccccc1C. The molecule has 60 valence electrons. The van der Waals surface area contributed by atoms with Crippen LogP contribution in [0.4, 0.5) is 0 Å². The summed E-state index contributed by atoms with van der Waals surface area (Å²) >= 11 is -1.17. The van der Waals surface area contributed by atoms with E-state index in [-0.39, 0.29) is 0 Å². The van der Waals surface area contributed by atoms with Gasteiger partial charge in [-0.25, -0.2) is 0 Å². The van der Waals surface area contributed by atoms with Gasteiger partial charge < -0.3 is 0 Å². The van der Waals surface area contributed by atoms with Gasteiger partial charge in [0.25, 0.3) is 0 Å². The quantitative estimate of drug-likeness (QED) is 0.685. The van der Waals surface area contributed by atoms with E-state index >= 15 is 0 Å². The molecule has 0 fully saturated rings. The van der Waals surface area contributed by atoms with Crippen molar-refractivity contribution in [2.24, 2.45) is 0 Å². The Morgan fingerprint density at radius 3 is 2.55 bits per heavy atom. The van der Waals surface area contributed by atoms with Crippen LogP contribution in [0.15, 0.2) is 24.3 Å². The summed E-state index contributed by atoms with van der Waals surface area (Å²) in [4.78, 5) is 0. The third kappa shape index (κ3) is 2.25. The average molecular weight is 231 g/mol. The van der Waals surface area contributed by atoms with Crippen molar-refractivity contribution in [1.29, 1.82) is 0 Å². The van der Waals surface area contributed by atoms with E-state index < -0.39 is 13.7 Å². The van der Waals surface area contributed by atoms with Crippen molar-refractivity contribution in [3.8, 4) is 0 Å². The molecule has 11 heavy (non-hydrogen) atoms. The van der Waals surface area contributed by atoms with Gasteiger partial charge >= 0.3 is 76.9 Å². The number of rotatable bonds is 2. The molecule has 0 saturated heterocycles. The number of benzene rings is 1. The Labute approximate surface area is 77.0 Å². The first-order chi connectivity index (χ1) is 5.25. The van der Waals surface area contributed by atoms with E-state index in [9.17, 15) is 0 Å². The van der Waals surface area contributed by atoms with Crippen LogP contribution in [-0.4, -0.2) is 13.7 Å². The molecule has 0 aliphatic carbocycles. The van der Waals surface area contributed by atoms with Crippen molar-refractivity contribution in [2.45, 2.75) is 19.1 Å². The fourth-order valence-electron chi connectivity index (χ4n) is 1.01. The second kappa shape index (κ2) is 4.18. The Bertz CT molecular complexity index is 235. The van der Waals surface area contributed by atoms with Crippen LogP contribution in [0.25, 0.3) is 0 Å². The minimum atomic E-state index is -1.17. The molecule has 2 heteroatoms. The molecule has 0 spiro atoms. The molecule has 0 aliphatic rings. The van der Waals surface area contributed by atoms with E-state index in [0.717, 1.165) is 5.21 Å². The minimum absolute atomic E-state index is 1.14. The van der Waals surface area contributed by atoms with Crippen LogP contribution < -0.4 is 4.35 Å². The van der Waals surface area contributed by atoms with E-state index in [2.05, 4.69) is 38.1 Å². The third-order valence-electron chi connectivity index (χ3n) is 1.65. The van der Waals surface area contributed by atoms with Crippen LogP contribution in [0.1, 0.15) is 12.5 Å². The van der Waals surface area contributed by atoms with Gasteiger partial charge in [-0.3, -0.25) is 0 Å². The predicted molar refractivity (Wildman–Crippen MR) is 52.9 cm³/mol. The van der Waals surface area contributed by atoms with Crippen LogP contribution in [0.5, 0.6) is 0 Å². The molecule has 1 aromatic carbocycles. The van der Waals surface area contributed by atoms with Crippen LogP contribution in [-0.2, 0) is 0 Å². The van der Waals surface area contributed by atoms with Crippen LogP contribution in [0.2, 0.25) is 5.21 Å². The molecule has 0 N–H and O–H groups in total. The van der Waals surface area contributed by atoms with Gasteiger partial charge in [0.05, 0.1) is 0 Å². The van der Waals surface area contributed by atoms with E-state index in [1.807, 2.05) is 0 Å². The molecule has 1 atom stereocenters. The van der Waals surface area contributed by atoms with E-state index in [1.54, 1.807) is 0 Å². The van der Waals surface area contributed by atoms with Crippen LogP contribution in [0, 0.1) is 6.92 Å². The molecular weight excluding hydrogens is 218 g/mol. The zero-order valence-corrected chi connectivity index (χ0v) is 9.47. The number of hydrogen-bond donors (Lipinski definition) is 0. The molecule has 0 saturated carbocycles. The average Bonchev–Trinajstić information content (AvgIpc) is 2.04. The summed E-state index contributed by atoms with van der Waals surface area (Å²) < 4.78 is 1.41. The van der Waals surface area contributed by atoms with Crippen LogP contribution in [0.3, 0.4) is 0 Å². The van der Waals surface area contributed by atoms with Crippen molar-refractivity contribution in [2.75, 3.05) is 0 Å². The summed E-state index contributed by atoms with van der Waals surface area (Å²) in [6.45, 7) is 4.30. The molecule has 0 radical (unpaired) electrons. The van der Waals surface area contributed by atoms with Gasteiger partial charge in [0.15, 0.2) is 0 Å². The fourth-order valence-corrected chi connectivity index (χ4v) is 4.19. The molecule has 0 heterocycles. The van der Waals surface area contributed by atoms with Crippen molar-refractivity contribution in [3.63, 3.8) is 0 Å². The molecule has 1 rings (SSSR count). The molecule has 0 amide bonds. The molecule has 0 bridgehead atoms.